The van der Waals surface area contributed by atoms with Gasteiger partial charge in [-0.2, -0.15) is 0 Å². The minimum absolute atomic E-state index is 0.0435. The van der Waals surface area contributed by atoms with Crippen LogP contribution in [0.3, 0.4) is 0 Å². The molecule has 2 saturated heterocycles. The van der Waals surface area contributed by atoms with Gasteiger partial charge in [0.25, 0.3) is 0 Å². The van der Waals surface area contributed by atoms with Gasteiger partial charge in [0.1, 0.15) is 5.60 Å². The van der Waals surface area contributed by atoms with E-state index in [4.69, 9.17) is 4.74 Å². The van der Waals surface area contributed by atoms with Crippen molar-refractivity contribution in [1.82, 2.24) is 5.32 Å². The first-order valence-electron chi connectivity index (χ1n) is 5.77. The zero-order chi connectivity index (χ0) is 10.9. The summed E-state index contributed by atoms with van der Waals surface area (Å²) in [5.74, 6) is -0.0435. The highest BCUT2D eigenvalue weighted by Crippen LogP contribution is 2.28. The van der Waals surface area contributed by atoms with E-state index in [-0.39, 0.29) is 17.9 Å². The SMILES string of the molecule is CCC(O)(CC1CO1)C(=O)[C@H]1CCCN1. The van der Waals surface area contributed by atoms with Crippen LogP contribution in [0.15, 0.2) is 0 Å². The average Bonchev–Trinajstić information content (AvgIpc) is 2.87. The number of aliphatic hydroxyl groups is 1. The molecule has 2 rings (SSSR count). The van der Waals surface area contributed by atoms with E-state index < -0.39 is 5.60 Å². The second kappa shape index (κ2) is 4.20. The monoisotopic (exact) mass is 213 g/mol. The standard InChI is InChI=1S/C11H19NO3/c1-2-11(14,6-8-7-15-8)10(13)9-4-3-5-12-9/h8-9,12,14H,2-7H2,1H3/t8?,9-,11?/m1/s1. The van der Waals surface area contributed by atoms with E-state index in [1.165, 1.54) is 0 Å². The van der Waals surface area contributed by atoms with E-state index in [0.717, 1.165) is 19.4 Å². The van der Waals surface area contributed by atoms with Gasteiger partial charge in [0.15, 0.2) is 5.78 Å². The van der Waals surface area contributed by atoms with E-state index in [9.17, 15) is 9.90 Å². The second-order valence-corrected chi connectivity index (χ2v) is 4.56. The summed E-state index contributed by atoms with van der Waals surface area (Å²) in [7, 11) is 0. The lowest BCUT2D eigenvalue weighted by atomic mass is 9.86. The van der Waals surface area contributed by atoms with Crippen LogP contribution in [0.5, 0.6) is 0 Å². The molecule has 0 saturated carbocycles. The molecule has 0 radical (unpaired) electrons. The maximum Gasteiger partial charge on any atom is 0.181 e. The molecule has 2 fully saturated rings. The minimum Gasteiger partial charge on any atom is -0.382 e. The van der Waals surface area contributed by atoms with Crippen molar-refractivity contribution in [2.45, 2.75) is 50.4 Å². The first kappa shape index (κ1) is 11.0. The van der Waals surface area contributed by atoms with Crippen molar-refractivity contribution in [3.8, 4) is 0 Å². The number of Topliss-reactive ketones (excluding diaryl/α,β-unsaturated/α-hetero) is 1. The topological polar surface area (TPSA) is 61.9 Å². The molecule has 86 valence electrons. The summed E-state index contributed by atoms with van der Waals surface area (Å²) in [5, 5.41) is 13.4. The van der Waals surface area contributed by atoms with Crippen LogP contribution in [-0.2, 0) is 9.53 Å². The summed E-state index contributed by atoms with van der Waals surface area (Å²) in [6.45, 7) is 3.43. The van der Waals surface area contributed by atoms with Crippen LogP contribution in [0.25, 0.3) is 0 Å². The third kappa shape index (κ3) is 2.38. The number of hydrogen-bond donors (Lipinski definition) is 2. The number of ketones is 1. The number of epoxide rings is 1. The molecule has 0 aromatic carbocycles. The molecule has 4 nitrogen and oxygen atoms in total. The van der Waals surface area contributed by atoms with Crippen LogP contribution >= 0.6 is 0 Å². The van der Waals surface area contributed by atoms with Crippen molar-refractivity contribution < 1.29 is 14.6 Å². The van der Waals surface area contributed by atoms with E-state index in [1.54, 1.807) is 0 Å². The molecule has 2 aliphatic heterocycles. The molecule has 0 spiro atoms. The number of hydrogen-bond acceptors (Lipinski definition) is 4. The predicted octanol–water partition coefficient (Wildman–Crippen LogP) is 0.237. The quantitative estimate of drug-likeness (QED) is 0.642. The summed E-state index contributed by atoms with van der Waals surface area (Å²) in [4.78, 5) is 12.1. The number of carbonyl (C=O) groups excluding carboxylic acids is 1. The number of nitrogens with one attached hydrogen (secondary N) is 1. The third-order valence-corrected chi connectivity index (χ3v) is 3.39. The Balaban J connectivity index is 1.99. The van der Waals surface area contributed by atoms with Gasteiger partial charge in [0, 0.05) is 6.42 Å². The summed E-state index contributed by atoms with van der Waals surface area (Å²) in [6.07, 6.45) is 2.91. The third-order valence-electron chi connectivity index (χ3n) is 3.39. The Hall–Kier alpha value is -0.450. The molecule has 2 heterocycles. The molecule has 0 aliphatic carbocycles. The molecule has 4 heteroatoms. The molecule has 0 bridgehead atoms. The first-order valence-corrected chi connectivity index (χ1v) is 5.77. The number of carbonyl (C=O) groups is 1. The summed E-state index contributed by atoms with van der Waals surface area (Å²) in [5.41, 5.74) is -1.18. The van der Waals surface area contributed by atoms with Gasteiger partial charge in [-0.05, 0) is 25.8 Å². The zero-order valence-electron chi connectivity index (χ0n) is 9.16. The number of ether oxygens (including phenoxy) is 1. The Kier molecular flexibility index (Phi) is 3.09. The van der Waals surface area contributed by atoms with E-state index in [0.29, 0.717) is 19.4 Å². The first-order chi connectivity index (χ1) is 7.15. The van der Waals surface area contributed by atoms with Gasteiger partial charge < -0.3 is 15.2 Å². The van der Waals surface area contributed by atoms with Gasteiger partial charge in [-0.3, -0.25) is 4.79 Å². The molecule has 2 aliphatic rings. The Bertz CT molecular complexity index is 246. The molecule has 2 N–H and O–H groups in total. The maximum absolute atomic E-state index is 12.1. The Morgan fingerprint density at radius 3 is 2.87 bits per heavy atom. The molecule has 0 amide bonds. The van der Waals surface area contributed by atoms with E-state index in [1.807, 2.05) is 6.92 Å². The molecular weight excluding hydrogens is 194 g/mol. The van der Waals surface area contributed by atoms with Crippen molar-refractivity contribution in [2.75, 3.05) is 13.2 Å². The molecule has 0 aromatic rings. The van der Waals surface area contributed by atoms with Crippen molar-refractivity contribution in [3.05, 3.63) is 0 Å². The Labute approximate surface area is 90.0 Å². The Morgan fingerprint density at radius 1 is 1.67 bits per heavy atom. The highest BCUT2D eigenvalue weighted by molar-refractivity contribution is 5.92. The highest BCUT2D eigenvalue weighted by atomic mass is 16.6. The lowest BCUT2D eigenvalue weighted by Crippen LogP contribution is -2.48. The normalized spacial score (nSPS) is 33.7. The molecule has 0 aromatic heterocycles. The molecule has 2 unspecified atom stereocenters. The van der Waals surface area contributed by atoms with Crippen LogP contribution < -0.4 is 5.32 Å². The Morgan fingerprint density at radius 2 is 2.40 bits per heavy atom. The fourth-order valence-electron chi connectivity index (χ4n) is 2.21. The minimum atomic E-state index is -1.18. The van der Waals surface area contributed by atoms with Gasteiger partial charge in [0.05, 0.1) is 18.8 Å². The predicted molar refractivity (Wildman–Crippen MR) is 55.6 cm³/mol. The lowest BCUT2D eigenvalue weighted by Gasteiger charge is -2.27. The van der Waals surface area contributed by atoms with E-state index >= 15 is 0 Å². The van der Waals surface area contributed by atoms with Crippen LogP contribution in [0.4, 0.5) is 0 Å². The van der Waals surface area contributed by atoms with Crippen LogP contribution in [0, 0.1) is 0 Å². The van der Waals surface area contributed by atoms with Gasteiger partial charge in [-0.1, -0.05) is 6.92 Å². The van der Waals surface area contributed by atoms with Crippen LogP contribution in [0.2, 0.25) is 0 Å². The van der Waals surface area contributed by atoms with Crippen molar-refractivity contribution in [2.24, 2.45) is 0 Å². The highest BCUT2D eigenvalue weighted by Gasteiger charge is 2.43. The van der Waals surface area contributed by atoms with Gasteiger partial charge in [-0.25, -0.2) is 0 Å². The fraction of sp³-hybridized carbons (Fsp3) is 0.909. The number of rotatable bonds is 5. The zero-order valence-corrected chi connectivity index (χ0v) is 9.16. The summed E-state index contributed by atoms with van der Waals surface area (Å²) in [6, 6.07) is -0.145. The molecule has 3 atom stereocenters. The second-order valence-electron chi connectivity index (χ2n) is 4.56. The smallest absolute Gasteiger partial charge is 0.181 e. The fourth-order valence-corrected chi connectivity index (χ4v) is 2.21. The average molecular weight is 213 g/mol. The van der Waals surface area contributed by atoms with Crippen molar-refractivity contribution in [3.63, 3.8) is 0 Å². The van der Waals surface area contributed by atoms with Crippen LogP contribution in [0.1, 0.15) is 32.6 Å². The largest absolute Gasteiger partial charge is 0.382 e. The summed E-state index contributed by atoms with van der Waals surface area (Å²) < 4.78 is 5.09. The maximum atomic E-state index is 12.1. The van der Waals surface area contributed by atoms with Gasteiger partial charge in [0.2, 0.25) is 0 Å². The van der Waals surface area contributed by atoms with Crippen molar-refractivity contribution >= 4 is 5.78 Å². The van der Waals surface area contributed by atoms with Gasteiger partial charge in [-0.15, -0.1) is 0 Å². The molecule has 15 heavy (non-hydrogen) atoms. The van der Waals surface area contributed by atoms with Gasteiger partial charge >= 0.3 is 0 Å². The summed E-state index contributed by atoms with van der Waals surface area (Å²) >= 11 is 0. The van der Waals surface area contributed by atoms with E-state index in [2.05, 4.69) is 5.32 Å². The van der Waals surface area contributed by atoms with Crippen molar-refractivity contribution in [1.29, 1.82) is 0 Å². The lowest BCUT2D eigenvalue weighted by molar-refractivity contribution is -0.140. The van der Waals surface area contributed by atoms with Crippen LogP contribution in [-0.4, -0.2) is 41.8 Å². The molecular formula is C11H19NO3.